The minimum Gasteiger partial charge on any atom is -0.329 e. The quantitative estimate of drug-likeness (QED) is 0.723. The first-order chi connectivity index (χ1) is 7.00. The number of aromatic nitrogens is 1. The van der Waals surface area contributed by atoms with Crippen molar-refractivity contribution in [1.82, 2.24) is 4.98 Å². The van der Waals surface area contributed by atoms with Gasteiger partial charge in [0.15, 0.2) is 0 Å². The van der Waals surface area contributed by atoms with E-state index in [-0.39, 0.29) is 10.5 Å². The van der Waals surface area contributed by atoms with Gasteiger partial charge in [-0.3, -0.25) is 4.79 Å². The Morgan fingerprint density at radius 2 is 1.87 bits per heavy atom. The molecule has 0 bridgehead atoms. The highest BCUT2D eigenvalue weighted by molar-refractivity contribution is 7.89. The number of nitrogens with two attached hydrogens (primary N) is 1. The van der Waals surface area contributed by atoms with Crippen molar-refractivity contribution in [3.63, 3.8) is 0 Å². The number of hydrogen-bond acceptors (Lipinski definition) is 3. The van der Waals surface area contributed by atoms with E-state index in [1.165, 1.54) is 24.4 Å². The summed E-state index contributed by atoms with van der Waals surface area (Å²) in [6.07, 6.45) is 1.39. The van der Waals surface area contributed by atoms with Gasteiger partial charge in [-0.1, -0.05) is 6.07 Å². The molecular weight excluding hydrogens is 216 g/mol. The predicted octanol–water partition coefficient (Wildman–Crippen LogP) is 0.175. The van der Waals surface area contributed by atoms with E-state index >= 15 is 0 Å². The van der Waals surface area contributed by atoms with Crippen LogP contribution in [-0.2, 0) is 10.0 Å². The first kappa shape index (κ1) is 9.88. The molecule has 0 fully saturated rings. The van der Waals surface area contributed by atoms with E-state index in [1.54, 1.807) is 6.07 Å². The number of pyridine rings is 1. The lowest BCUT2D eigenvalue weighted by Gasteiger charge is -2.02. The Kier molecular flexibility index (Phi) is 2.09. The summed E-state index contributed by atoms with van der Waals surface area (Å²) >= 11 is 0. The van der Waals surface area contributed by atoms with E-state index in [0.717, 1.165) is 0 Å². The standard InChI is InChI=1S/C9H8N2O3S/c10-15(13,14)8-3-1-2-7-6(8)4-5-11-9(7)12/h1-5H,(H,11,12)(H2,10,13,14). The van der Waals surface area contributed by atoms with Crippen LogP contribution in [0.25, 0.3) is 10.8 Å². The van der Waals surface area contributed by atoms with Crippen LogP contribution in [0.15, 0.2) is 40.2 Å². The molecule has 3 N–H and O–H groups in total. The minimum absolute atomic E-state index is 0.0360. The van der Waals surface area contributed by atoms with Crippen LogP contribution >= 0.6 is 0 Å². The van der Waals surface area contributed by atoms with E-state index in [4.69, 9.17) is 5.14 Å². The van der Waals surface area contributed by atoms with Crippen LogP contribution < -0.4 is 10.7 Å². The maximum atomic E-state index is 11.4. The van der Waals surface area contributed by atoms with Crippen molar-refractivity contribution < 1.29 is 8.42 Å². The molecule has 2 aromatic rings. The van der Waals surface area contributed by atoms with E-state index in [2.05, 4.69) is 4.98 Å². The lowest BCUT2D eigenvalue weighted by atomic mass is 10.2. The van der Waals surface area contributed by atoms with Gasteiger partial charge in [-0.15, -0.1) is 0 Å². The van der Waals surface area contributed by atoms with Crippen molar-refractivity contribution in [3.8, 4) is 0 Å². The van der Waals surface area contributed by atoms with Crippen molar-refractivity contribution in [3.05, 3.63) is 40.8 Å². The average Bonchev–Trinajstić information content (AvgIpc) is 2.16. The molecule has 1 heterocycles. The van der Waals surface area contributed by atoms with Crippen molar-refractivity contribution in [1.29, 1.82) is 0 Å². The number of rotatable bonds is 1. The van der Waals surface area contributed by atoms with Gasteiger partial charge in [0.2, 0.25) is 10.0 Å². The normalized spacial score (nSPS) is 11.8. The van der Waals surface area contributed by atoms with Crippen LogP contribution in [0.4, 0.5) is 0 Å². The van der Waals surface area contributed by atoms with E-state index in [1.807, 2.05) is 0 Å². The molecular formula is C9H8N2O3S. The molecule has 5 nitrogen and oxygen atoms in total. The zero-order chi connectivity index (χ0) is 11.1. The Hall–Kier alpha value is -1.66. The average molecular weight is 224 g/mol. The number of fused-ring (bicyclic) bond motifs is 1. The van der Waals surface area contributed by atoms with Crippen molar-refractivity contribution in [2.75, 3.05) is 0 Å². The van der Waals surface area contributed by atoms with Crippen LogP contribution in [0.3, 0.4) is 0 Å². The van der Waals surface area contributed by atoms with Gasteiger partial charge in [-0.05, 0) is 18.2 Å². The van der Waals surface area contributed by atoms with Gasteiger partial charge < -0.3 is 4.98 Å². The fourth-order valence-electron chi connectivity index (χ4n) is 1.44. The monoisotopic (exact) mass is 224 g/mol. The third-order valence-corrected chi connectivity index (χ3v) is 3.05. The van der Waals surface area contributed by atoms with E-state index in [0.29, 0.717) is 10.8 Å². The molecule has 0 saturated carbocycles. The molecule has 6 heteroatoms. The molecule has 2 rings (SSSR count). The number of sulfonamides is 1. The third-order valence-electron chi connectivity index (χ3n) is 2.08. The number of nitrogens with one attached hydrogen (secondary N) is 1. The Morgan fingerprint density at radius 1 is 1.13 bits per heavy atom. The number of aromatic amines is 1. The highest BCUT2D eigenvalue weighted by Gasteiger charge is 2.12. The van der Waals surface area contributed by atoms with Crippen LogP contribution in [0.1, 0.15) is 0 Å². The maximum Gasteiger partial charge on any atom is 0.255 e. The molecule has 0 unspecified atom stereocenters. The predicted molar refractivity (Wildman–Crippen MR) is 55.9 cm³/mol. The molecule has 1 aromatic heterocycles. The SMILES string of the molecule is NS(=O)(=O)c1cccc2c(=O)[nH]ccc12. The lowest BCUT2D eigenvalue weighted by molar-refractivity contribution is 0.598. The zero-order valence-corrected chi connectivity index (χ0v) is 8.41. The number of benzene rings is 1. The summed E-state index contributed by atoms with van der Waals surface area (Å²) in [5.74, 6) is 0. The molecule has 15 heavy (non-hydrogen) atoms. The van der Waals surface area contributed by atoms with E-state index < -0.39 is 10.0 Å². The molecule has 0 atom stereocenters. The Morgan fingerprint density at radius 3 is 2.53 bits per heavy atom. The molecule has 0 radical (unpaired) electrons. The van der Waals surface area contributed by atoms with Gasteiger partial charge in [0.05, 0.1) is 4.90 Å². The van der Waals surface area contributed by atoms with E-state index in [9.17, 15) is 13.2 Å². The Bertz CT molecular complexity index is 673. The molecule has 0 amide bonds. The van der Waals surface area contributed by atoms with Crippen LogP contribution in [0, 0.1) is 0 Å². The zero-order valence-electron chi connectivity index (χ0n) is 7.60. The summed E-state index contributed by atoms with van der Waals surface area (Å²) in [5.41, 5.74) is -0.335. The second kappa shape index (κ2) is 3.18. The van der Waals surface area contributed by atoms with Gasteiger partial charge in [-0.2, -0.15) is 0 Å². The maximum absolute atomic E-state index is 11.4. The van der Waals surface area contributed by atoms with Gasteiger partial charge in [0, 0.05) is 17.0 Å². The highest BCUT2D eigenvalue weighted by atomic mass is 32.2. The summed E-state index contributed by atoms with van der Waals surface area (Å²) in [4.78, 5) is 13.8. The lowest BCUT2D eigenvalue weighted by Crippen LogP contribution is -2.14. The number of primary sulfonamides is 1. The number of H-pyrrole nitrogens is 1. The smallest absolute Gasteiger partial charge is 0.255 e. The molecule has 0 saturated heterocycles. The molecule has 0 aliphatic heterocycles. The Balaban J connectivity index is 3.02. The van der Waals surface area contributed by atoms with Gasteiger partial charge in [-0.25, -0.2) is 13.6 Å². The molecule has 0 aliphatic rings. The van der Waals surface area contributed by atoms with Crippen LogP contribution in [0.5, 0.6) is 0 Å². The van der Waals surface area contributed by atoms with Gasteiger partial charge >= 0.3 is 0 Å². The minimum atomic E-state index is -3.80. The molecule has 0 spiro atoms. The Labute approximate surface area is 85.6 Å². The molecule has 0 aliphatic carbocycles. The van der Waals surface area contributed by atoms with Crippen LogP contribution in [0.2, 0.25) is 0 Å². The summed E-state index contributed by atoms with van der Waals surface area (Å²) in [6, 6.07) is 5.91. The largest absolute Gasteiger partial charge is 0.329 e. The summed E-state index contributed by atoms with van der Waals surface area (Å²) in [7, 11) is -3.80. The molecule has 78 valence electrons. The van der Waals surface area contributed by atoms with Crippen molar-refractivity contribution in [2.45, 2.75) is 4.90 Å². The fourth-order valence-corrected chi connectivity index (χ4v) is 2.19. The first-order valence-corrected chi connectivity index (χ1v) is 5.68. The second-order valence-electron chi connectivity index (χ2n) is 3.07. The fraction of sp³-hybridized carbons (Fsp3) is 0. The second-order valence-corrected chi connectivity index (χ2v) is 4.60. The van der Waals surface area contributed by atoms with Gasteiger partial charge in [0.25, 0.3) is 5.56 Å². The number of hydrogen-bond donors (Lipinski definition) is 2. The van der Waals surface area contributed by atoms with Gasteiger partial charge in [0.1, 0.15) is 0 Å². The highest BCUT2D eigenvalue weighted by Crippen LogP contribution is 2.18. The van der Waals surface area contributed by atoms with Crippen molar-refractivity contribution in [2.24, 2.45) is 5.14 Å². The summed E-state index contributed by atoms with van der Waals surface area (Å²) < 4.78 is 22.4. The summed E-state index contributed by atoms with van der Waals surface area (Å²) in [5, 5.41) is 5.68. The molecule has 1 aromatic carbocycles. The van der Waals surface area contributed by atoms with Crippen LogP contribution in [-0.4, -0.2) is 13.4 Å². The third kappa shape index (κ3) is 1.64. The summed E-state index contributed by atoms with van der Waals surface area (Å²) in [6.45, 7) is 0. The topological polar surface area (TPSA) is 93.0 Å². The first-order valence-electron chi connectivity index (χ1n) is 4.13. The van der Waals surface area contributed by atoms with Crippen molar-refractivity contribution >= 4 is 20.8 Å².